The van der Waals surface area contributed by atoms with Gasteiger partial charge in [-0.2, -0.15) is 0 Å². The van der Waals surface area contributed by atoms with Gasteiger partial charge in [-0.05, 0) is 72.8 Å². The summed E-state index contributed by atoms with van der Waals surface area (Å²) in [6.45, 7) is 2.30. The molecule has 6 nitrogen and oxygen atoms in total. The second-order valence-electron chi connectivity index (χ2n) is 8.47. The molecule has 2 N–H and O–H groups in total. The molecule has 168 valence electrons. The van der Waals surface area contributed by atoms with Crippen molar-refractivity contribution in [3.05, 3.63) is 89.0 Å². The summed E-state index contributed by atoms with van der Waals surface area (Å²) in [6, 6.07) is 14.5. The van der Waals surface area contributed by atoms with E-state index in [0.29, 0.717) is 6.61 Å². The van der Waals surface area contributed by atoms with Crippen molar-refractivity contribution in [2.75, 3.05) is 26.8 Å². The highest BCUT2D eigenvalue weighted by molar-refractivity contribution is 5.88. The van der Waals surface area contributed by atoms with Gasteiger partial charge in [-0.15, -0.1) is 0 Å². The summed E-state index contributed by atoms with van der Waals surface area (Å²) in [5.41, 5.74) is 9.93. The first-order chi connectivity index (χ1) is 16.7. The molecule has 0 fully saturated rings. The molecule has 3 aromatic heterocycles. The quantitative estimate of drug-likeness (QED) is 0.381. The third kappa shape index (κ3) is 4.00. The Morgan fingerprint density at radius 1 is 0.853 bits per heavy atom. The van der Waals surface area contributed by atoms with Gasteiger partial charge in [-0.25, -0.2) is 9.97 Å². The van der Waals surface area contributed by atoms with E-state index >= 15 is 0 Å². The molecule has 0 aliphatic carbocycles. The van der Waals surface area contributed by atoms with Crippen molar-refractivity contribution < 1.29 is 4.74 Å². The van der Waals surface area contributed by atoms with Gasteiger partial charge in [0.15, 0.2) is 0 Å². The molecule has 0 radical (unpaired) electrons. The molecule has 3 aliphatic heterocycles. The van der Waals surface area contributed by atoms with Gasteiger partial charge in [0.25, 0.3) is 0 Å². The van der Waals surface area contributed by atoms with Gasteiger partial charge in [0, 0.05) is 48.0 Å². The lowest BCUT2D eigenvalue weighted by Crippen LogP contribution is -2.28. The molecule has 0 unspecified atom stereocenters. The van der Waals surface area contributed by atoms with Crippen LogP contribution < -0.4 is 0 Å². The van der Waals surface area contributed by atoms with Crippen molar-refractivity contribution in [2.45, 2.75) is 0 Å². The van der Waals surface area contributed by atoms with E-state index in [9.17, 15) is 0 Å². The highest BCUT2D eigenvalue weighted by atomic mass is 16.5. The van der Waals surface area contributed by atoms with Crippen molar-refractivity contribution in [1.29, 1.82) is 0 Å². The van der Waals surface area contributed by atoms with E-state index in [-0.39, 0.29) is 0 Å². The van der Waals surface area contributed by atoms with Crippen LogP contribution in [0.4, 0.5) is 0 Å². The maximum absolute atomic E-state index is 5.38. The van der Waals surface area contributed by atoms with Crippen LogP contribution in [0.25, 0.3) is 52.1 Å². The standard InChI is InChI=1S/C28H25N5O/c1-34-15-14-33-13-3-2-4-27(33)28-25-11-9-23(31-25)17-21-7-5-19(29-21)16-20-6-8-22(30-20)18-24-10-12-26(28)32-24/h2-12,16-18,29,32H,13-15H2,1H3. The molecule has 0 aromatic carbocycles. The second-order valence-corrected chi connectivity index (χ2v) is 8.47. The molecule has 3 aromatic rings. The lowest BCUT2D eigenvalue weighted by Gasteiger charge is -2.28. The summed E-state index contributed by atoms with van der Waals surface area (Å²) < 4.78 is 5.38. The van der Waals surface area contributed by atoms with Crippen LogP contribution in [0.5, 0.6) is 0 Å². The fraction of sp³-hybridized carbons (Fsp3) is 0.143. The molecule has 0 atom stereocenters. The summed E-state index contributed by atoms with van der Waals surface area (Å²) in [6.07, 6.45) is 14.7. The van der Waals surface area contributed by atoms with Crippen LogP contribution >= 0.6 is 0 Å². The number of nitrogens with zero attached hydrogens (tertiary/aromatic N) is 3. The number of aromatic amines is 2. The molecule has 0 amide bonds. The Hall–Kier alpha value is -4.16. The summed E-state index contributed by atoms with van der Waals surface area (Å²) in [4.78, 5) is 19.1. The molecular weight excluding hydrogens is 422 g/mol. The van der Waals surface area contributed by atoms with Gasteiger partial charge < -0.3 is 19.6 Å². The maximum atomic E-state index is 5.38. The molecule has 3 aliphatic rings. The average molecular weight is 448 g/mol. The molecule has 6 heteroatoms. The number of hydrogen-bond acceptors (Lipinski definition) is 4. The van der Waals surface area contributed by atoms with E-state index in [1.807, 2.05) is 18.2 Å². The zero-order valence-corrected chi connectivity index (χ0v) is 19.0. The summed E-state index contributed by atoms with van der Waals surface area (Å²) in [5.74, 6) is 0. The van der Waals surface area contributed by atoms with E-state index in [4.69, 9.17) is 14.7 Å². The monoisotopic (exact) mass is 447 g/mol. The Labute approximate surface area is 197 Å². The van der Waals surface area contributed by atoms with E-state index in [1.54, 1.807) is 7.11 Å². The van der Waals surface area contributed by atoms with Gasteiger partial charge in [0.05, 0.1) is 34.9 Å². The van der Waals surface area contributed by atoms with Crippen molar-refractivity contribution >= 4 is 52.1 Å². The zero-order chi connectivity index (χ0) is 22.9. The van der Waals surface area contributed by atoms with Crippen molar-refractivity contribution in [3.63, 3.8) is 0 Å². The van der Waals surface area contributed by atoms with Gasteiger partial charge in [0.2, 0.25) is 0 Å². The fourth-order valence-electron chi connectivity index (χ4n) is 4.48. The van der Waals surface area contributed by atoms with Crippen molar-refractivity contribution in [2.24, 2.45) is 0 Å². The first-order valence-corrected chi connectivity index (χ1v) is 11.4. The number of methoxy groups -OCH3 is 1. The number of fused-ring (bicyclic) bond motifs is 8. The van der Waals surface area contributed by atoms with Crippen LogP contribution in [-0.2, 0) is 4.74 Å². The van der Waals surface area contributed by atoms with Crippen LogP contribution in [0.2, 0.25) is 0 Å². The van der Waals surface area contributed by atoms with E-state index in [1.165, 1.54) is 0 Å². The molecular formula is C28H25N5O. The number of rotatable bonds is 4. The number of allylic oxidation sites excluding steroid dienone is 2. The number of H-pyrrole nitrogens is 2. The van der Waals surface area contributed by atoms with Crippen molar-refractivity contribution in [3.8, 4) is 0 Å². The van der Waals surface area contributed by atoms with E-state index in [2.05, 4.69) is 81.6 Å². The largest absolute Gasteiger partial charge is 0.383 e. The highest BCUT2D eigenvalue weighted by Crippen LogP contribution is 2.30. The maximum Gasteiger partial charge on any atom is 0.0751 e. The van der Waals surface area contributed by atoms with Gasteiger partial charge in [0.1, 0.15) is 0 Å². The molecule has 34 heavy (non-hydrogen) atoms. The van der Waals surface area contributed by atoms with Crippen molar-refractivity contribution in [1.82, 2.24) is 24.8 Å². The van der Waals surface area contributed by atoms with Crippen LogP contribution in [0.15, 0.2) is 60.7 Å². The molecule has 0 saturated heterocycles. The minimum Gasteiger partial charge on any atom is -0.383 e. The smallest absolute Gasteiger partial charge is 0.0751 e. The Balaban J connectivity index is 1.64. The highest BCUT2D eigenvalue weighted by Gasteiger charge is 2.19. The number of nitrogens with one attached hydrogen (secondary N) is 2. The molecule has 6 heterocycles. The van der Waals surface area contributed by atoms with Crippen LogP contribution in [0.3, 0.4) is 0 Å². The van der Waals surface area contributed by atoms with Gasteiger partial charge in [-0.1, -0.05) is 12.2 Å². The zero-order valence-electron chi connectivity index (χ0n) is 19.0. The lowest BCUT2D eigenvalue weighted by molar-refractivity contribution is 0.176. The minimum absolute atomic E-state index is 0.660. The van der Waals surface area contributed by atoms with E-state index in [0.717, 1.165) is 69.2 Å². The van der Waals surface area contributed by atoms with Gasteiger partial charge >= 0.3 is 0 Å². The lowest BCUT2D eigenvalue weighted by atomic mass is 10.1. The Morgan fingerprint density at radius 2 is 1.53 bits per heavy atom. The minimum atomic E-state index is 0.660. The number of aromatic nitrogens is 4. The van der Waals surface area contributed by atoms with Gasteiger partial charge in [-0.3, -0.25) is 0 Å². The van der Waals surface area contributed by atoms with Crippen LogP contribution in [-0.4, -0.2) is 51.6 Å². The molecule has 0 saturated carbocycles. The fourth-order valence-corrected chi connectivity index (χ4v) is 4.48. The SMILES string of the molecule is COCCN1CC=CC=C1c1c2nc(cc3ccc(cc4nc(cc5ccc1[nH]5)C=C4)[nH]3)C=C2. The molecule has 0 spiro atoms. The Kier molecular flexibility index (Phi) is 5.20. The number of ether oxygens (including phenoxy) is 1. The normalized spacial score (nSPS) is 14.6. The Bertz CT molecular complexity index is 1530. The topological polar surface area (TPSA) is 69.8 Å². The van der Waals surface area contributed by atoms with E-state index < -0.39 is 0 Å². The number of hydrogen-bond donors (Lipinski definition) is 2. The third-order valence-corrected chi connectivity index (χ3v) is 6.10. The van der Waals surface area contributed by atoms with Crippen LogP contribution in [0, 0.1) is 0 Å². The molecule has 6 rings (SSSR count). The summed E-state index contributed by atoms with van der Waals surface area (Å²) in [5, 5.41) is 0. The second kappa shape index (κ2) is 8.65. The summed E-state index contributed by atoms with van der Waals surface area (Å²) >= 11 is 0. The Morgan fingerprint density at radius 3 is 2.29 bits per heavy atom. The first kappa shape index (κ1) is 20.4. The van der Waals surface area contributed by atoms with Crippen LogP contribution in [0.1, 0.15) is 28.3 Å². The third-order valence-electron chi connectivity index (χ3n) is 6.10. The average Bonchev–Trinajstić information content (AvgIpc) is 3.64. The summed E-state index contributed by atoms with van der Waals surface area (Å²) in [7, 11) is 1.74. The predicted molar refractivity (Wildman–Crippen MR) is 139 cm³/mol. The predicted octanol–water partition coefficient (Wildman–Crippen LogP) is 5.51. The molecule has 8 bridgehead atoms. The first-order valence-electron chi connectivity index (χ1n) is 11.4.